The van der Waals surface area contributed by atoms with Crippen LogP contribution >= 0.6 is 33.9 Å². The fourth-order valence-electron chi connectivity index (χ4n) is 1.75. The van der Waals surface area contributed by atoms with Crippen LogP contribution in [-0.4, -0.2) is 32.8 Å². The molecule has 1 amide bonds. The molecular formula is C13H16Cl3NO3S. The maximum atomic E-state index is 12.4. The lowest BCUT2D eigenvalue weighted by Crippen LogP contribution is -2.31. The Morgan fingerprint density at radius 3 is 2.38 bits per heavy atom. The average molecular weight is 373 g/mol. The minimum absolute atomic E-state index is 0.0155. The van der Waals surface area contributed by atoms with Crippen LogP contribution in [0.5, 0.6) is 0 Å². The van der Waals surface area contributed by atoms with E-state index in [1.165, 1.54) is 4.90 Å². The summed E-state index contributed by atoms with van der Waals surface area (Å²) in [5.41, 5.74) is 0.0224. The largest absolute Gasteiger partial charge is 0.341 e. The number of rotatable bonds is 5. The van der Waals surface area contributed by atoms with Gasteiger partial charge in [-0.1, -0.05) is 43.5 Å². The Morgan fingerprint density at radius 2 is 1.90 bits per heavy atom. The zero-order valence-corrected chi connectivity index (χ0v) is 14.9. The number of hydrogen-bond donors (Lipinski definition) is 0. The minimum atomic E-state index is -3.99. The highest BCUT2D eigenvalue weighted by molar-refractivity contribution is 8.13. The molecule has 21 heavy (non-hydrogen) atoms. The molecule has 118 valence electrons. The van der Waals surface area contributed by atoms with Crippen molar-refractivity contribution in [2.24, 2.45) is 5.92 Å². The highest BCUT2D eigenvalue weighted by Crippen LogP contribution is 2.31. The number of hydrogen-bond acceptors (Lipinski definition) is 3. The van der Waals surface area contributed by atoms with Gasteiger partial charge in [-0.15, -0.1) is 0 Å². The summed E-state index contributed by atoms with van der Waals surface area (Å²) in [5.74, 6) is -0.0856. The van der Waals surface area contributed by atoms with Gasteiger partial charge >= 0.3 is 0 Å². The molecule has 0 spiro atoms. The summed E-state index contributed by atoms with van der Waals surface area (Å²) < 4.78 is 22.8. The van der Waals surface area contributed by atoms with Crippen molar-refractivity contribution in [3.63, 3.8) is 0 Å². The summed E-state index contributed by atoms with van der Waals surface area (Å²) in [6.07, 6.45) is 0.919. The number of benzene rings is 1. The van der Waals surface area contributed by atoms with E-state index in [4.69, 9.17) is 33.9 Å². The quantitative estimate of drug-likeness (QED) is 0.733. The topological polar surface area (TPSA) is 54.5 Å². The van der Waals surface area contributed by atoms with E-state index in [1.54, 1.807) is 7.05 Å². The predicted molar refractivity (Wildman–Crippen MR) is 85.9 cm³/mol. The van der Waals surface area contributed by atoms with Crippen LogP contribution in [0, 0.1) is 5.92 Å². The number of amides is 1. The lowest BCUT2D eigenvalue weighted by molar-refractivity contribution is 0.0775. The molecule has 1 unspecified atom stereocenters. The van der Waals surface area contributed by atoms with Gasteiger partial charge in [0.25, 0.3) is 15.0 Å². The highest BCUT2D eigenvalue weighted by Gasteiger charge is 2.22. The van der Waals surface area contributed by atoms with Crippen molar-refractivity contribution in [1.82, 2.24) is 4.90 Å². The van der Waals surface area contributed by atoms with E-state index in [9.17, 15) is 13.2 Å². The van der Waals surface area contributed by atoms with Crippen LogP contribution < -0.4 is 0 Å². The molecule has 0 aliphatic heterocycles. The third kappa shape index (κ3) is 4.74. The highest BCUT2D eigenvalue weighted by atomic mass is 35.7. The molecule has 0 fully saturated rings. The molecule has 0 saturated carbocycles. The van der Waals surface area contributed by atoms with Crippen LogP contribution in [0.4, 0.5) is 0 Å². The average Bonchev–Trinajstić information content (AvgIpc) is 2.39. The molecule has 0 N–H and O–H groups in total. The number of carbonyl (C=O) groups excluding carboxylic acids is 1. The number of halogens is 3. The first-order valence-corrected chi connectivity index (χ1v) is 9.33. The van der Waals surface area contributed by atoms with Crippen molar-refractivity contribution in [3.8, 4) is 0 Å². The number of carbonyl (C=O) groups is 1. The predicted octanol–water partition coefficient (Wildman–Crippen LogP) is 4.04. The first-order valence-electron chi connectivity index (χ1n) is 6.27. The molecule has 1 rings (SSSR count). The van der Waals surface area contributed by atoms with E-state index >= 15 is 0 Å². The van der Waals surface area contributed by atoms with E-state index in [0.717, 1.165) is 18.6 Å². The molecule has 0 aromatic heterocycles. The lowest BCUT2D eigenvalue weighted by atomic mass is 10.1. The molecule has 0 bridgehead atoms. The van der Waals surface area contributed by atoms with E-state index in [1.807, 2.05) is 13.8 Å². The van der Waals surface area contributed by atoms with E-state index < -0.39 is 15.0 Å². The Labute approximate surface area is 139 Å². The zero-order valence-electron chi connectivity index (χ0n) is 11.9. The second kappa shape index (κ2) is 7.18. The normalized spacial score (nSPS) is 13.0. The van der Waals surface area contributed by atoms with Crippen molar-refractivity contribution >= 4 is 48.8 Å². The maximum Gasteiger partial charge on any atom is 0.261 e. The second-order valence-electron chi connectivity index (χ2n) is 4.90. The van der Waals surface area contributed by atoms with Gasteiger partial charge < -0.3 is 4.90 Å². The van der Waals surface area contributed by atoms with Gasteiger partial charge in [-0.3, -0.25) is 4.79 Å². The van der Waals surface area contributed by atoms with Crippen LogP contribution in [0.15, 0.2) is 17.0 Å². The molecule has 8 heteroatoms. The summed E-state index contributed by atoms with van der Waals surface area (Å²) in [7, 11) is 2.92. The minimum Gasteiger partial charge on any atom is -0.341 e. The Morgan fingerprint density at radius 1 is 1.33 bits per heavy atom. The Kier molecular flexibility index (Phi) is 6.35. The first-order chi connectivity index (χ1) is 9.57. The summed E-state index contributed by atoms with van der Waals surface area (Å²) >= 11 is 11.9. The van der Waals surface area contributed by atoms with Crippen molar-refractivity contribution in [1.29, 1.82) is 0 Å². The smallest absolute Gasteiger partial charge is 0.261 e. The van der Waals surface area contributed by atoms with E-state index in [0.29, 0.717) is 12.5 Å². The Hall–Kier alpha value is -0.490. The standard InChI is InChI=1S/C13H16Cl3NO3S/c1-4-8(2)7-17(3)13(18)10-5-9(21(16,19)20)6-11(14)12(10)15/h5-6,8H,4,7H2,1-3H3. The fourth-order valence-corrected chi connectivity index (χ4v) is 3.00. The van der Waals surface area contributed by atoms with Gasteiger partial charge in [0.1, 0.15) is 0 Å². The molecule has 0 aliphatic rings. The van der Waals surface area contributed by atoms with Gasteiger partial charge in [0.15, 0.2) is 0 Å². The zero-order chi connectivity index (χ0) is 16.4. The first kappa shape index (κ1) is 18.6. The van der Waals surface area contributed by atoms with E-state index in [-0.39, 0.29) is 20.5 Å². The summed E-state index contributed by atoms with van der Waals surface area (Å²) in [4.78, 5) is 13.6. The van der Waals surface area contributed by atoms with Gasteiger partial charge in [0, 0.05) is 24.3 Å². The van der Waals surface area contributed by atoms with Crippen LogP contribution in [0.2, 0.25) is 10.0 Å². The van der Waals surface area contributed by atoms with Gasteiger partial charge in [-0.25, -0.2) is 8.42 Å². The summed E-state index contributed by atoms with van der Waals surface area (Å²) in [6.45, 7) is 4.56. The molecule has 0 aliphatic carbocycles. The fraction of sp³-hybridized carbons (Fsp3) is 0.462. The molecule has 0 saturated heterocycles. The summed E-state index contributed by atoms with van der Waals surface area (Å²) in [6, 6.07) is 2.27. The van der Waals surface area contributed by atoms with Crippen LogP contribution in [0.1, 0.15) is 30.6 Å². The Balaban J connectivity index is 3.23. The molecule has 1 aromatic carbocycles. The SMILES string of the molecule is CCC(C)CN(C)C(=O)c1cc(S(=O)(=O)Cl)cc(Cl)c1Cl. The molecule has 4 nitrogen and oxygen atoms in total. The van der Waals surface area contributed by atoms with Crippen molar-refractivity contribution in [2.75, 3.05) is 13.6 Å². The van der Waals surface area contributed by atoms with Crippen LogP contribution in [0.25, 0.3) is 0 Å². The maximum absolute atomic E-state index is 12.4. The molecular weight excluding hydrogens is 357 g/mol. The molecule has 1 atom stereocenters. The van der Waals surface area contributed by atoms with E-state index in [2.05, 4.69) is 0 Å². The monoisotopic (exact) mass is 371 g/mol. The second-order valence-corrected chi connectivity index (χ2v) is 8.25. The third-order valence-corrected chi connectivity index (χ3v) is 5.28. The third-order valence-electron chi connectivity index (χ3n) is 3.14. The van der Waals surface area contributed by atoms with Gasteiger partial charge in [0.2, 0.25) is 0 Å². The molecule has 0 radical (unpaired) electrons. The summed E-state index contributed by atoms with van der Waals surface area (Å²) in [5, 5.41) is -0.0135. The Bertz CT molecular complexity index is 646. The lowest BCUT2D eigenvalue weighted by Gasteiger charge is -2.21. The van der Waals surface area contributed by atoms with Crippen molar-refractivity contribution < 1.29 is 13.2 Å². The van der Waals surface area contributed by atoms with Gasteiger partial charge in [0.05, 0.1) is 20.5 Å². The molecule has 0 heterocycles. The van der Waals surface area contributed by atoms with Gasteiger partial charge in [-0.2, -0.15) is 0 Å². The van der Waals surface area contributed by atoms with Crippen molar-refractivity contribution in [3.05, 3.63) is 27.7 Å². The number of nitrogens with zero attached hydrogens (tertiary/aromatic N) is 1. The van der Waals surface area contributed by atoms with Gasteiger partial charge in [-0.05, 0) is 18.1 Å². The van der Waals surface area contributed by atoms with Crippen LogP contribution in [0.3, 0.4) is 0 Å². The van der Waals surface area contributed by atoms with Crippen molar-refractivity contribution in [2.45, 2.75) is 25.2 Å². The van der Waals surface area contributed by atoms with Crippen LogP contribution in [-0.2, 0) is 9.05 Å². The molecule has 1 aromatic rings.